The van der Waals surface area contributed by atoms with E-state index >= 15 is 0 Å². The van der Waals surface area contributed by atoms with E-state index in [2.05, 4.69) is 6.92 Å². The van der Waals surface area contributed by atoms with Crippen LogP contribution in [0.3, 0.4) is 0 Å². The molecule has 0 saturated carbocycles. The van der Waals surface area contributed by atoms with Crippen molar-refractivity contribution in [2.75, 3.05) is 33.0 Å². The molecule has 3 atom stereocenters. The maximum Gasteiger partial charge on any atom is 0.339 e. The van der Waals surface area contributed by atoms with Crippen LogP contribution in [-0.4, -0.2) is 60.9 Å². The minimum absolute atomic E-state index is 0.474. The van der Waals surface area contributed by atoms with Crippen LogP contribution in [0.2, 0.25) is 0 Å². The molecule has 0 unspecified atom stereocenters. The number of hydrogen-bond acceptors (Lipinski definition) is 5. The van der Waals surface area contributed by atoms with Crippen LogP contribution in [0.1, 0.15) is 90.4 Å². The SMILES string of the molecule is CCCCCCCCOCC[C@@]1([C@]2([C@@]3(C(=O)O)CCCO3)CCCO2)CCCO1. The topological polar surface area (TPSA) is 74.2 Å². The molecule has 3 fully saturated rings. The maximum atomic E-state index is 12.4. The highest BCUT2D eigenvalue weighted by molar-refractivity contribution is 5.80. The van der Waals surface area contributed by atoms with Crippen molar-refractivity contribution >= 4 is 5.97 Å². The Morgan fingerprint density at radius 3 is 2.17 bits per heavy atom. The molecular formula is C23H40O6. The zero-order valence-corrected chi connectivity index (χ0v) is 18.2. The Balaban J connectivity index is 1.62. The molecular weight excluding hydrogens is 372 g/mol. The van der Waals surface area contributed by atoms with Gasteiger partial charge in [0.25, 0.3) is 0 Å². The van der Waals surface area contributed by atoms with Crippen LogP contribution < -0.4 is 0 Å². The van der Waals surface area contributed by atoms with Gasteiger partial charge in [-0.3, -0.25) is 0 Å². The molecule has 1 N–H and O–H groups in total. The number of hydrogen-bond donors (Lipinski definition) is 1. The number of aliphatic carboxylic acids is 1. The van der Waals surface area contributed by atoms with Crippen molar-refractivity contribution in [3.8, 4) is 0 Å². The smallest absolute Gasteiger partial charge is 0.339 e. The molecule has 0 amide bonds. The van der Waals surface area contributed by atoms with Gasteiger partial charge in [-0.1, -0.05) is 39.0 Å². The van der Waals surface area contributed by atoms with Crippen molar-refractivity contribution in [2.45, 2.75) is 107 Å². The fourth-order valence-corrected chi connectivity index (χ4v) is 5.72. The summed E-state index contributed by atoms with van der Waals surface area (Å²) >= 11 is 0. The van der Waals surface area contributed by atoms with Crippen molar-refractivity contribution in [3.05, 3.63) is 0 Å². The fourth-order valence-electron chi connectivity index (χ4n) is 5.72. The lowest BCUT2D eigenvalue weighted by molar-refractivity contribution is -0.260. The quantitative estimate of drug-likeness (QED) is 0.450. The lowest BCUT2D eigenvalue weighted by Gasteiger charge is -2.52. The van der Waals surface area contributed by atoms with Gasteiger partial charge in [-0.25, -0.2) is 4.79 Å². The van der Waals surface area contributed by atoms with Crippen molar-refractivity contribution in [2.24, 2.45) is 0 Å². The van der Waals surface area contributed by atoms with E-state index in [0.29, 0.717) is 45.7 Å². The summed E-state index contributed by atoms with van der Waals surface area (Å²) in [6.45, 7) is 5.27. The molecule has 168 valence electrons. The first kappa shape index (κ1) is 23.0. The molecule has 0 radical (unpaired) electrons. The summed E-state index contributed by atoms with van der Waals surface area (Å²) in [5.41, 5.74) is -2.84. The predicted octanol–water partition coefficient (Wildman–Crippen LogP) is 4.49. The van der Waals surface area contributed by atoms with Crippen LogP contribution in [-0.2, 0) is 23.7 Å². The van der Waals surface area contributed by atoms with Gasteiger partial charge in [0.05, 0.1) is 0 Å². The Bertz CT molecular complexity index is 501. The highest BCUT2D eigenvalue weighted by Gasteiger charge is 2.71. The zero-order valence-electron chi connectivity index (χ0n) is 18.2. The molecule has 3 saturated heterocycles. The summed E-state index contributed by atoms with van der Waals surface area (Å²) in [4.78, 5) is 12.4. The molecule has 0 bridgehead atoms. The lowest BCUT2D eigenvalue weighted by Crippen LogP contribution is -2.70. The molecule has 0 aromatic carbocycles. The van der Waals surface area contributed by atoms with Crippen LogP contribution >= 0.6 is 0 Å². The van der Waals surface area contributed by atoms with Gasteiger partial charge in [-0.05, 0) is 44.9 Å². The van der Waals surface area contributed by atoms with Crippen molar-refractivity contribution in [3.63, 3.8) is 0 Å². The summed E-state index contributed by atoms with van der Waals surface area (Å²) < 4.78 is 24.6. The third-order valence-corrected chi connectivity index (χ3v) is 7.17. The molecule has 3 heterocycles. The summed E-state index contributed by atoms with van der Waals surface area (Å²) in [7, 11) is 0. The fraction of sp³-hybridized carbons (Fsp3) is 0.957. The van der Waals surface area contributed by atoms with Crippen LogP contribution in [0.5, 0.6) is 0 Å². The van der Waals surface area contributed by atoms with E-state index in [4.69, 9.17) is 18.9 Å². The first-order chi connectivity index (χ1) is 14.1. The minimum Gasteiger partial charge on any atom is -0.479 e. The zero-order chi connectivity index (χ0) is 20.6. The number of carboxylic acids is 1. The Hall–Kier alpha value is -0.690. The molecule has 3 aliphatic rings. The van der Waals surface area contributed by atoms with Crippen molar-refractivity contribution in [1.82, 2.24) is 0 Å². The normalized spacial score (nSPS) is 34.8. The van der Waals surface area contributed by atoms with E-state index in [-0.39, 0.29) is 0 Å². The molecule has 6 heteroatoms. The second-order valence-electron chi connectivity index (χ2n) is 8.94. The van der Waals surface area contributed by atoms with Crippen LogP contribution in [0.25, 0.3) is 0 Å². The average Bonchev–Trinajstić information content (AvgIpc) is 3.47. The monoisotopic (exact) mass is 412 g/mol. The third kappa shape index (κ3) is 4.51. The summed E-state index contributed by atoms with van der Waals surface area (Å²) in [5.74, 6) is -0.903. The lowest BCUT2D eigenvalue weighted by atomic mass is 9.65. The van der Waals surface area contributed by atoms with Gasteiger partial charge in [0, 0.05) is 39.5 Å². The number of carboxylic acid groups (broad SMARTS) is 1. The van der Waals surface area contributed by atoms with Gasteiger partial charge in [0.15, 0.2) is 5.60 Å². The highest BCUT2D eigenvalue weighted by Crippen LogP contribution is 2.56. The van der Waals surface area contributed by atoms with Gasteiger partial charge in [-0.15, -0.1) is 0 Å². The Morgan fingerprint density at radius 2 is 1.55 bits per heavy atom. The molecule has 3 rings (SSSR count). The van der Waals surface area contributed by atoms with Gasteiger partial charge in [0.1, 0.15) is 11.2 Å². The molecule has 29 heavy (non-hydrogen) atoms. The molecule has 0 spiro atoms. The Kier molecular flexibility index (Phi) is 8.37. The van der Waals surface area contributed by atoms with Gasteiger partial charge in [0.2, 0.25) is 0 Å². The second kappa shape index (κ2) is 10.6. The van der Waals surface area contributed by atoms with Crippen LogP contribution in [0, 0.1) is 0 Å². The first-order valence-electron chi connectivity index (χ1n) is 11.9. The summed E-state index contributed by atoms with van der Waals surface area (Å²) in [6, 6.07) is 0. The third-order valence-electron chi connectivity index (χ3n) is 7.17. The standard InChI is InChI=1S/C23H40O6/c1-2-3-4-5-6-7-15-26-19-14-21(11-8-16-27-21)23(13-10-18-29-23)22(20(24)25)12-9-17-28-22/h2-19H2,1H3,(H,24,25)/t21-,22+,23+/m1/s1. The Morgan fingerprint density at radius 1 is 0.862 bits per heavy atom. The van der Waals surface area contributed by atoms with Crippen LogP contribution in [0.4, 0.5) is 0 Å². The molecule has 6 nitrogen and oxygen atoms in total. The van der Waals surface area contributed by atoms with Gasteiger partial charge < -0.3 is 24.1 Å². The number of ether oxygens (including phenoxy) is 4. The van der Waals surface area contributed by atoms with E-state index in [9.17, 15) is 9.90 Å². The van der Waals surface area contributed by atoms with E-state index in [1.165, 1.54) is 32.1 Å². The summed E-state index contributed by atoms with van der Waals surface area (Å²) in [5, 5.41) is 10.2. The van der Waals surface area contributed by atoms with Crippen LogP contribution in [0.15, 0.2) is 0 Å². The average molecular weight is 413 g/mol. The largest absolute Gasteiger partial charge is 0.479 e. The predicted molar refractivity (Wildman–Crippen MR) is 110 cm³/mol. The molecule has 0 aromatic rings. The Labute approximate surface area is 175 Å². The van der Waals surface area contributed by atoms with E-state index in [1.54, 1.807) is 0 Å². The summed E-state index contributed by atoms with van der Waals surface area (Å²) in [6.07, 6.45) is 12.6. The van der Waals surface area contributed by atoms with E-state index in [0.717, 1.165) is 38.7 Å². The molecule has 0 aliphatic carbocycles. The first-order valence-corrected chi connectivity index (χ1v) is 11.9. The van der Waals surface area contributed by atoms with Crippen molar-refractivity contribution in [1.29, 1.82) is 0 Å². The van der Waals surface area contributed by atoms with Crippen molar-refractivity contribution < 1.29 is 28.8 Å². The highest BCUT2D eigenvalue weighted by atomic mass is 16.6. The van der Waals surface area contributed by atoms with Gasteiger partial charge in [-0.2, -0.15) is 0 Å². The molecule has 3 aliphatic heterocycles. The number of rotatable bonds is 13. The number of unbranched alkanes of at least 4 members (excludes halogenated alkanes) is 5. The van der Waals surface area contributed by atoms with Gasteiger partial charge >= 0.3 is 5.97 Å². The number of carbonyl (C=O) groups is 1. The molecule has 0 aromatic heterocycles. The second-order valence-corrected chi connectivity index (χ2v) is 8.94. The minimum atomic E-state index is -1.30. The van der Waals surface area contributed by atoms with E-state index < -0.39 is 22.8 Å². The van der Waals surface area contributed by atoms with E-state index in [1.807, 2.05) is 0 Å². The maximum absolute atomic E-state index is 12.4.